The largest absolute Gasteiger partial charge is 0.490 e. The van der Waals surface area contributed by atoms with Crippen molar-refractivity contribution in [3.63, 3.8) is 0 Å². The summed E-state index contributed by atoms with van der Waals surface area (Å²) in [7, 11) is 0. The van der Waals surface area contributed by atoms with E-state index < -0.39 is 0 Å². The standard InChI is InChI=1S/C21H24O3/c1-14-8-10-15(11-9-14)20(22)17-6-5-7-18(19(17)21(2,3)4)24-13-16-12-23-16/h5-11,16H,12-13H2,1-4H3. The molecule has 0 aliphatic carbocycles. The Labute approximate surface area is 143 Å². The van der Waals surface area contributed by atoms with Crippen molar-refractivity contribution in [2.45, 2.75) is 39.2 Å². The number of benzene rings is 2. The molecule has 0 saturated carbocycles. The number of ketones is 1. The van der Waals surface area contributed by atoms with E-state index in [1.54, 1.807) is 0 Å². The molecule has 3 rings (SSSR count). The summed E-state index contributed by atoms with van der Waals surface area (Å²) >= 11 is 0. The molecule has 3 heteroatoms. The Kier molecular flexibility index (Phi) is 4.46. The van der Waals surface area contributed by atoms with Crippen molar-refractivity contribution in [2.24, 2.45) is 0 Å². The van der Waals surface area contributed by atoms with Gasteiger partial charge < -0.3 is 9.47 Å². The number of epoxide rings is 1. The third-order valence-electron chi connectivity index (χ3n) is 4.16. The Morgan fingerprint density at radius 1 is 1.17 bits per heavy atom. The minimum Gasteiger partial charge on any atom is -0.490 e. The summed E-state index contributed by atoms with van der Waals surface area (Å²) in [5.74, 6) is 0.809. The second-order valence-electron chi connectivity index (χ2n) is 7.39. The molecule has 0 spiro atoms. The molecule has 24 heavy (non-hydrogen) atoms. The number of carbonyl (C=O) groups excluding carboxylic acids is 1. The van der Waals surface area contributed by atoms with Crippen molar-refractivity contribution in [1.29, 1.82) is 0 Å². The first-order valence-electron chi connectivity index (χ1n) is 8.35. The molecule has 1 heterocycles. The van der Waals surface area contributed by atoms with Gasteiger partial charge in [0.15, 0.2) is 5.78 Å². The monoisotopic (exact) mass is 324 g/mol. The van der Waals surface area contributed by atoms with Gasteiger partial charge in [-0.1, -0.05) is 62.7 Å². The van der Waals surface area contributed by atoms with Gasteiger partial charge in [-0.25, -0.2) is 0 Å². The van der Waals surface area contributed by atoms with Crippen LogP contribution >= 0.6 is 0 Å². The molecule has 2 aromatic carbocycles. The van der Waals surface area contributed by atoms with Crippen LogP contribution in [0, 0.1) is 6.92 Å². The summed E-state index contributed by atoms with van der Waals surface area (Å²) < 4.78 is 11.2. The lowest BCUT2D eigenvalue weighted by Crippen LogP contribution is -2.20. The summed E-state index contributed by atoms with van der Waals surface area (Å²) in [6, 6.07) is 13.4. The first-order chi connectivity index (χ1) is 11.4. The highest BCUT2D eigenvalue weighted by atomic mass is 16.6. The van der Waals surface area contributed by atoms with Crippen LogP contribution in [-0.2, 0) is 10.2 Å². The Morgan fingerprint density at radius 3 is 2.42 bits per heavy atom. The first kappa shape index (κ1) is 16.7. The number of rotatable bonds is 5. The molecular weight excluding hydrogens is 300 g/mol. The summed E-state index contributed by atoms with van der Waals surface area (Å²) in [5.41, 5.74) is 3.31. The summed E-state index contributed by atoms with van der Waals surface area (Å²) in [6.45, 7) is 9.62. The third kappa shape index (κ3) is 3.68. The van der Waals surface area contributed by atoms with E-state index in [1.807, 2.05) is 49.4 Å². The Morgan fingerprint density at radius 2 is 1.83 bits per heavy atom. The van der Waals surface area contributed by atoms with Crippen molar-refractivity contribution in [3.8, 4) is 5.75 Å². The molecule has 0 aromatic heterocycles. The van der Waals surface area contributed by atoms with Gasteiger partial charge in [-0.2, -0.15) is 0 Å². The van der Waals surface area contributed by atoms with E-state index in [2.05, 4.69) is 20.8 Å². The molecule has 1 saturated heterocycles. The Balaban J connectivity index is 2.00. The normalized spacial score (nSPS) is 16.8. The molecule has 3 nitrogen and oxygen atoms in total. The van der Waals surface area contributed by atoms with E-state index in [0.29, 0.717) is 17.7 Å². The maximum Gasteiger partial charge on any atom is 0.193 e. The van der Waals surface area contributed by atoms with Crippen LogP contribution < -0.4 is 4.74 Å². The first-order valence-corrected chi connectivity index (χ1v) is 8.35. The molecule has 1 fully saturated rings. The van der Waals surface area contributed by atoms with Crippen LogP contribution in [0.25, 0.3) is 0 Å². The van der Waals surface area contributed by atoms with Crippen LogP contribution in [0.4, 0.5) is 0 Å². The second-order valence-corrected chi connectivity index (χ2v) is 7.39. The van der Waals surface area contributed by atoms with E-state index in [0.717, 1.165) is 23.5 Å². The molecule has 0 bridgehead atoms. The van der Waals surface area contributed by atoms with E-state index in [4.69, 9.17) is 9.47 Å². The number of aryl methyl sites for hydroxylation is 1. The number of carbonyl (C=O) groups is 1. The van der Waals surface area contributed by atoms with Crippen LogP contribution in [0.3, 0.4) is 0 Å². The van der Waals surface area contributed by atoms with Crippen LogP contribution in [0.2, 0.25) is 0 Å². The molecule has 0 N–H and O–H groups in total. The number of hydrogen-bond acceptors (Lipinski definition) is 3. The fraction of sp³-hybridized carbons (Fsp3) is 0.381. The molecule has 126 valence electrons. The van der Waals surface area contributed by atoms with E-state index >= 15 is 0 Å². The van der Waals surface area contributed by atoms with Gasteiger partial charge in [0.05, 0.1) is 6.61 Å². The molecule has 1 aliphatic heterocycles. The van der Waals surface area contributed by atoms with Gasteiger partial charge >= 0.3 is 0 Å². The summed E-state index contributed by atoms with van der Waals surface area (Å²) in [6.07, 6.45) is 0.189. The molecule has 0 amide bonds. The van der Waals surface area contributed by atoms with Crippen molar-refractivity contribution in [2.75, 3.05) is 13.2 Å². The minimum absolute atomic E-state index is 0.0352. The fourth-order valence-electron chi connectivity index (χ4n) is 2.82. The highest BCUT2D eigenvalue weighted by molar-refractivity contribution is 6.10. The van der Waals surface area contributed by atoms with Crippen LogP contribution in [0.1, 0.15) is 47.8 Å². The van der Waals surface area contributed by atoms with Gasteiger partial charge in [-0.3, -0.25) is 4.79 Å². The maximum absolute atomic E-state index is 13.0. The zero-order valence-corrected chi connectivity index (χ0v) is 14.8. The molecule has 2 aromatic rings. The highest BCUT2D eigenvalue weighted by Crippen LogP contribution is 2.36. The number of ether oxygens (including phenoxy) is 2. The Bertz CT molecular complexity index is 735. The molecule has 0 radical (unpaired) electrons. The van der Waals surface area contributed by atoms with E-state index in [1.165, 1.54) is 0 Å². The highest BCUT2D eigenvalue weighted by Gasteiger charge is 2.28. The molecule has 1 aliphatic rings. The van der Waals surface area contributed by atoms with Gasteiger partial charge in [-0.15, -0.1) is 0 Å². The van der Waals surface area contributed by atoms with Gasteiger partial charge in [0.2, 0.25) is 0 Å². The molecular formula is C21H24O3. The molecule has 1 atom stereocenters. The van der Waals surface area contributed by atoms with Gasteiger partial charge in [-0.05, 0) is 18.4 Å². The lowest BCUT2D eigenvalue weighted by Gasteiger charge is -2.25. The predicted molar refractivity (Wildman–Crippen MR) is 95.0 cm³/mol. The third-order valence-corrected chi connectivity index (χ3v) is 4.16. The van der Waals surface area contributed by atoms with Crippen molar-refractivity contribution < 1.29 is 14.3 Å². The van der Waals surface area contributed by atoms with Crippen molar-refractivity contribution in [3.05, 3.63) is 64.7 Å². The zero-order chi connectivity index (χ0) is 17.3. The van der Waals surface area contributed by atoms with Crippen molar-refractivity contribution in [1.82, 2.24) is 0 Å². The average Bonchev–Trinajstić information content (AvgIpc) is 3.36. The predicted octanol–water partition coefficient (Wildman–Crippen LogP) is 4.30. The van der Waals surface area contributed by atoms with Crippen LogP contribution in [0.5, 0.6) is 5.75 Å². The molecule has 1 unspecified atom stereocenters. The topological polar surface area (TPSA) is 38.8 Å². The summed E-state index contributed by atoms with van der Waals surface area (Å²) in [4.78, 5) is 13.0. The zero-order valence-electron chi connectivity index (χ0n) is 14.8. The second kappa shape index (κ2) is 6.40. The lowest BCUT2D eigenvalue weighted by molar-refractivity contribution is 0.103. The Hall–Kier alpha value is -2.13. The number of hydrogen-bond donors (Lipinski definition) is 0. The van der Waals surface area contributed by atoms with Crippen LogP contribution in [0.15, 0.2) is 42.5 Å². The van der Waals surface area contributed by atoms with Gasteiger partial charge in [0.25, 0.3) is 0 Å². The fourth-order valence-corrected chi connectivity index (χ4v) is 2.82. The minimum atomic E-state index is -0.198. The quantitative estimate of drug-likeness (QED) is 0.608. The van der Waals surface area contributed by atoms with Crippen molar-refractivity contribution >= 4 is 5.78 Å². The van der Waals surface area contributed by atoms with Gasteiger partial charge in [0.1, 0.15) is 18.5 Å². The summed E-state index contributed by atoms with van der Waals surface area (Å²) in [5, 5.41) is 0. The maximum atomic E-state index is 13.0. The van der Waals surface area contributed by atoms with Crippen LogP contribution in [-0.4, -0.2) is 25.1 Å². The SMILES string of the molecule is Cc1ccc(C(=O)c2cccc(OCC3CO3)c2C(C)(C)C)cc1. The smallest absolute Gasteiger partial charge is 0.193 e. The van der Waals surface area contributed by atoms with E-state index in [9.17, 15) is 4.79 Å². The van der Waals surface area contributed by atoms with Gasteiger partial charge in [0, 0.05) is 16.7 Å². The lowest BCUT2D eigenvalue weighted by atomic mass is 9.81. The van der Waals surface area contributed by atoms with E-state index in [-0.39, 0.29) is 17.3 Å². The average molecular weight is 324 g/mol.